The molecule has 0 saturated heterocycles. The summed E-state index contributed by atoms with van der Waals surface area (Å²) in [6.07, 6.45) is -0.263. The fourth-order valence-corrected chi connectivity index (χ4v) is 13.0. The molecular weight excluding hydrogens is 1270 g/mol. The van der Waals surface area contributed by atoms with E-state index in [4.69, 9.17) is 17.4 Å². The van der Waals surface area contributed by atoms with Crippen molar-refractivity contribution < 1.29 is 92.4 Å². The molecule has 5 aromatic carbocycles. The fraction of sp³-hybridized carbons (Fsp3) is 0.222. The molecule has 3 heterocycles. The molecular formula is C45H40N10O21S8. The fourth-order valence-electron chi connectivity index (χ4n) is 7.94. The van der Waals surface area contributed by atoms with Crippen molar-refractivity contribution in [2.45, 2.75) is 59.8 Å². The van der Waals surface area contributed by atoms with E-state index >= 15 is 0 Å². The van der Waals surface area contributed by atoms with Crippen LogP contribution in [0.4, 0.5) is 33.6 Å². The van der Waals surface area contributed by atoms with Crippen LogP contribution in [0.5, 0.6) is 11.6 Å². The van der Waals surface area contributed by atoms with Gasteiger partial charge in [0.05, 0.1) is 67.3 Å². The Morgan fingerprint density at radius 1 is 0.702 bits per heavy atom. The quantitative estimate of drug-likeness (QED) is 0.0163. The second-order valence-corrected chi connectivity index (χ2v) is 27.4. The maximum Gasteiger partial charge on any atom is 0.425 e. The largest absolute Gasteiger partial charge is 0.493 e. The summed E-state index contributed by atoms with van der Waals surface area (Å²) in [5.41, 5.74) is 0.253. The lowest BCUT2D eigenvalue weighted by Crippen LogP contribution is -2.08. The van der Waals surface area contributed by atoms with E-state index in [9.17, 15) is 80.3 Å². The highest BCUT2D eigenvalue weighted by Crippen LogP contribution is 2.44. The van der Waals surface area contributed by atoms with Crippen LogP contribution >= 0.6 is 23.1 Å². The van der Waals surface area contributed by atoms with Gasteiger partial charge in [0.25, 0.3) is 50.6 Å². The van der Waals surface area contributed by atoms with Gasteiger partial charge in [0.2, 0.25) is 11.0 Å². The normalized spacial score (nSPS) is 12.8. The number of aromatic nitrogens is 3. The van der Waals surface area contributed by atoms with E-state index in [0.29, 0.717) is 5.56 Å². The van der Waals surface area contributed by atoms with Gasteiger partial charge in [0.15, 0.2) is 11.3 Å². The highest BCUT2D eigenvalue weighted by Gasteiger charge is 2.26. The molecule has 444 valence electrons. The predicted molar refractivity (Wildman–Crippen MR) is 299 cm³/mol. The number of benzene rings is 5. The lowest BCUT2D eigenvalue weighted by atomic mass is 10.1. The van der Waals surface area contributed by atoms with E-state index in [1.807, 2.05) is 6.07 Å². The zero-order valence-electron chi connectivity index (χ0n) is 42.8. The maximum atomic E-state index is 12.5. The van der Waals surface area contributed by atoms with E-state index in [1.54, 1.807) is 6.92 Å². The lowest BCUT2D eigenvalue weighted by molar-refractivity contribution is 0.282. The molecule has 0 amide bonds. The van der Waals surface area contributed by atoms with Gasteiger partial charge in [-0.15, -0.1) is 50.0 Å². The highest BCUT2D eigenvalue weighted by molar-refractivity contribution is 7.99. The number of pyridine rings is 1. The van der Waals surface area contributed by atoms with E-state index in [1.165, 1.54) is 50.2 Å². The van der Waals surface area contributed by atoms with Gasteiger partial charge in [-0.1, -0.05) is 17.4 Å². The van der Waals surface area contributed by atoms with Crippen molar-refractivity contribution in [2.75, 3.05) is 23.9 Å². The first kappa shape index (κ1) is 64.1. The third kappa shape index (κ3) is 15.3. The van der Waals surface area contributed by atoms with E-state index in [-0.39, 0.29) is 129 Å². The first-order valence-electron chi connectivity index (χ1n) is 23.1. The maximum absolute atomic E-state index is 12.5. The molecule has 7 N–H and O–H groups in total. The Morgan fingerprint density at radius 3 is 1.95 bits per heavy atom. The van der Waals surface area contributed by atoms with Gasteiger partial charge < -0.3 is 14.9 Å². The summed E-state index contributed by atoms with van der Waals surface area (Å²) in [4.78, 5) is 7.24. The summed E-state index contributed by atoms with van der Waals surface area (Å²) in [6, 6.07) is 14.4. The van der Waals surface area contributed by atoms with Gasteiger partial charge in [-0.2, -0.15) is 52.5 Å². The minimum absolute atomic E-state index is 0.00154. The second kappa shape index (κ2) is 25.0. The zero-order chi connectivity index (χ0) is 62.0. The Balaban J connectivity index is 0.00000245. The number of aromatic hydroxyl groups is 1. The summed E-state index contributed by atoms with van der Waals surface area (Å²) in [5, 5.41) is 58.3. The molecule has 0 bridgehead atoms. The topological polar surface area (TPSA) is 501 Å². The number of nitrogens with zero attached hydrogens (tertiary/aromatic N) is 10. The van der Waals surface area contributed by atoms with E-state index in [2.05, 4.69) is 40.7 Å². The second-order valence-electron chi connectivity index (χ2n) is 17.5. The number of hydrogen-bond donors (Lipinski definition) is 7. The molecule has 0 saturated carbocycles. The molecule has 39 heteroatoms. The third-order valence-electron chi connectivity index (χ3n) is 11.7. The number of hydrogen-bond acceptors (Lipinski definition) is 27. The average molecular weight is 1310 g/mol. The number of fused-ring (bicyclic) bond motifs is 6. The SMILES string of the molecule is Cc1cc(N=Nc2c(C)c(C#N)c3nc4cc(S(=O)(=O)O)c(C)cc4n3c2O)c(OCCCS(=O)(=O)O)cc1N=Nc1cc(CO)c(N=Nc2nc3c(S(=O)(=O)O)cc4ccc(S(=O)(=O)O)cc4c3s2)cc1SCCCS(=O)(=O)O.O=S(=O)=O. The highest BCUT2D eigenvalue weighted by atomic mass is 32.2. The van der Waals surface area contributed by atoms with Crippen molar-refractivity contribution in [3.05, 3.63) is 88.5 Å². The summed E-state index contributed by atoms with van der Waals surface area (Å²) in [5.74, 6) is -1.88. The smallest absolute Gasteiger partial charge is 0.425 e. The van der Waals surface area contributed by atoms with Crippen LogP contribution in [0.15, 0.2) is 111 Å². The number of ether oxygens (including phenoxy) is 1. The molecule has 0 unspecified atom stereocenters. The first-order valence-corrected chi connectivity index (χ1v) is 33.4. The summed E-state index contributed by atoms with van der Waals surface area (Å²) < 4.78 is 200. The van der Waals surface area contributed by atoms with Crippen molar-refractivity contribution in [1.82, 2.24) is 14.4 Å². The van der Waals surface area contributed by atoms with Crippen molar-refractivity contribution in [3.8, 4) is 17.7 Å². The van der Waals surface area contributed by atoms with Gasteiger partial charge in [0, 0.05) is 27.5 Å². The van der Waals surface area contributed by atoms with Crippen molar-refractivity contribution in [3.63, 3.8) is 0 Å². The van der Waals surface area contributed by atoms with Crippen LogP contribution in [0, 0.1) is 32.1 Å². The molecule has 0 spiro atoms. The number of nitriles is 1. The molecule has 0 fully saturated rings. The molecule has 0 aliphatic carbocycles. The minimum atomic E-state index is -4.92. The molecule has 0 atom stereocenters. The molecule has 31 nitrogen and oxygen atoms in total. The Morgan fingerprint density at radius 2 is 1.33 bits per heavy atom. The van der Waals surface area contributed by atoms with Gasteiger partial charge in [-0.3, -0.25) is 27.2 Å². The number of rotatable bonds is 20. The van der Waals surface area contributed by atoms with Crippen LogP contribution < -0.4 is 4.74 Å². The number of aliphatic hydroxyl groups is 1. The summed E-state index contributed by atoms with van der Waals surface area (Å²) in [6.45, 7) is 3.43. The van der Waals surface area contributed by atoms with Crippen LogP contribution in [0.1, 0.15) is 40.7 Å². The van der Waals surface area contributed by atoms with Crippen LogP contribution in [0.2, 0.25) is 0 Å². The Bertz CT molecular complexity index is 4890. The van der Waals surface area contributed by atoms with Crippen LogP contribution in [-0.2, 0) is 67.8 Å². The number of azo groups is 3. The van der Waals surface area contributed by atoms with E-state index < -0.39 is 99.9 Å². The monoisotopic (exact) mass is 1310 g/mol. The predicted octanol–water partition coefficient (Wildman–Crippen LogP) is 8.25. The number of thioether (sulfide) groups is 1. The number of thiazole rings is 1. The summed E-state index contributed by atoms with van der Waals surface area (Å²) >= 11 is 1.78. The van der Waals surface area contributed by atoms with Gasteiger partial charge >= 0.3 is 10.6 Å². The van der Waals surface area contributed by atoms with Crippen LogP contribution in [0.3, 0.4) is 0 Å². The van der Waals surface area contributed by atoms with Crippen molar-refractivity contribution in [2.24, 2.45) is 30.7 Å². The standard InChI is InChI=1S/C45H40N10O18S7.O3S/c1-22-12-33(51-53-40-24(3)29(20-46)43-47-32-19-38(79(67,68)69)23(2)13-35(32)55(43)44(40)57)36(73-8-4-10-76(58,59)60)17-30(22)49-52-34-14-26(21-56)31(18-37(34)74-9-5-11-77(61,62)63)50-54-45-48-41-39(80(70,71)72)15-25-6-7-27(78(64,65)66)16-28(25)42(41)75-45;1-4(2)3/h6-7,12-19,56-57H,4-5,8-11,21H2,1-3H3,(H,58,59,60)(H,61,62,63)(H,64,65,66)(H,67,68,69)(H,70,71,72);. The van der Waals surface area contributed by atoms with Gasteiger partial charge in [0.1, 0.15) is 33.5 Å². The molecule has 0 aliphatic rings. The molecule has 3 aromatic heterocycles. The van der Waals surface area contributed by atoms with Crippen molar-refractivity contribution >= 4 is 156 Å². The average Bonchev–Trinajstić information content (AvgIpc) is 2.29. The minimum Gasteiger partial charge on any atom is -0.493 e. The van der Waals surface area contributed by atoms with Gasteiger partial charge in [-0.05, 0) is 104 Å². The molecule has 8 aromatic rings. The molecule has 0 radical (unpaired) electrons. The zero-order valence-corrected chi connectivity index (χ0v) is 49.3. The number of aliphatic hydroxyl groups excluding tert-OH is 1. The van der Waals surface area contributed by atoms with E-state index in [0.717, 1.165) is 51.8 Å². The Kier molecular flexibility index (Phi) is 19.1. The number of imidazole rings is 1. The molecule has 8 rings (SSSR count). The first-order chi connectivity index (χ1) is 39.1. The van der Waals surface area contributed by atoms with Crippen molar-refractivity contribution in [1.29, 1.82) is 5.26 Å². The third-order valence-corrected chi connectivity index (χ3v) is 18.1. The molecule has 84 heavy (non-hydrogen) atoms. The van der Waals surface area contributed by atoms with Crippen LogP contribution in [-0.4, -0.2) is 126 Å². The van der Waals surface area contributed by atoms with Crippen LogP contribution in [0.25, 0.3) is 37.7 Å². The summed E-state index contributed by atoms with van der Waals surface area (Å²) in [7, 11) is -26.2. The van der Waals surface area contributed by atoms with Gasteiger partial charge in [-0.25, -0.2) is 9.97 Å². The Hall–Kier alpha value is -7.43. The molecule has 0 aliphatic heterocycles. The number of aryl methyl sites for hydroxylation is 2. The Labute approximate surface area is 485 Å². The lowest BCUT2D eigenvalue weighted by Gasteiger charge is -2.12.